The van der Waals surface area contributed by atoms with E-state index in [9.17, 15) is 5.26 Å². The fourth-order valence-corrected chi connectivity index (χ4v) is 3.81. The minimum absolute atomic E-state index is 0.0102. The second kappa shape index (κ2) is 9.40. The van der Waals surface area contributed by atoms with Gasteiger partial charge >= 0.3 is 0 Å². The van der Waals surface area contributed by atoms with Gasteiger partial charge in [0.2, 0.25) is 6.19 Å². The van der Waals surface area contributed by atoms with Crippen molar-refractivity contribution < 1.29 is 4.74 Å². The molecule has 0 aliphatic heterocycles. The molecule has 150 valence electrons. The highest BCUT2D eigenvalue weighted by molar-refractivity contribution is 7.09. The molecule has 0 bridgehead atoms. The van der Waals surface area contributed by atoms with Gasteiger partial charge < -0.3 is 9.30 Å². The van der Waals surface area contributed by atoms with Gasteiger partial charge in [-0.3, -0.25) is 0 Å². The molecule has 0 atom stereocenters. The van der Waals surface area contributed by atoms with Gasteiger partial charge in [-0.05, 0) is 36.5 Å². The normalized spacial score (nSPS) is 13.1. The van der Waals surface area contributed by atoms with Crippen LogP contribution in [0.2, 0.25) is 5.02 Å². The Morgan fingerprint density at radius 3 is 2.64 bits per heavy atom. The Balaban J connectivity index is 2.69. The van der Waals surface area contributed by atoms with Crippen LogP contribution in [-0.2, 0) is 12.0 Å². The number of thiazole rings is 1. The quantitative estimate of drug-likeness (QED) is 0.371. The molecule has 0 unspecified atom stereocenters. The van der Waals surface area contributed by atoms with Gasteiger partial charge in [0, 0.05) is 22.6 Å². The number of halogens is 1. The number of benzene rings is 1. The van der Waals surface area contributed by atoms with Gasteiger partial charge in [0.05, 0.1) is 12.2 Å². The number of hydrogen-bond acceptors (Lipinski definition) is 4. The average molecular weight is 419 g/mol. The summed E-state index contributed by atoms with van der Waals surface area (Å²) in [5.41, 5.74) is 0.619. The van der Waals surface area contributed by atoms with E-state index in [1.54, 1.807) is 29.5 Å². The van der Waals surface area contributed by atoms with Crippen LogP contribution in [0.5, 0.6) is 5.75 Å². The average Bonchev–Trinajstić information content (AvgIpc) is 2.98. The molecule has 2 rings (SSSR count). The second-order valence-electron chi connectivity index (χ2n) is 7.89. The Labute approximate surface area is 176 Å². The van der Waals surface area contributed by atoms with Gasteiger partial charge in [0.1, 0.15) is 5.75 Å². The van der Waals surface area contributed by atoms with E-state index < -0.39 is 0 Å². The molecular weight excluding hydrogens is 392 g/mol. The summed E-state index contributed by atoms with van der Waals surface area (Å²) in [6.07, 6.45) is 4.01. The van der Waals surface area contributed by atoms with Crippen LogP contribution in [0.1, 0.15) is 52.0 Å². The summed E-state index contributed by atoms with van der Waals surface area (Å²) in [5.74, 6) is 1.36. The lowest BCUT2D eigenvalue weighted by atomic mass is 9.95. The maximum atomic E-state index is 9.24. The molecular formula is C21H27ClN4OS. The van der Waals surface area contributed by atoms with Gasteiger partial charge in [-0.1, -0.05) is 46.2 Å². The zero-order chi connectivity index (χ0) is 20.9. The second-order valence-corrected chi connectivity index (χ2v) is 9.34. The van der Waals surface area contributed by atoms with Crippen molar-refractivity contribution in [2.75, 3.05) is 6.61 Å². The molecule has 1 aromatic carbocycles. The fourth-order valence-electron chi connectivity index (χ4n) is 2.58. The van der Waals surface area contributed by atoms with Crippen LogP contribution in [0, 0.1) is 17.4 Å². The van der Waals surface area contributed by atoms with Crippen molar-refractivity contribution in [1.82, 2.24) is 4.57 Å². The van der Waals surface area contributed by atoms with Crippen molar-refractivity contribution in [3.63, 3.8) is 0 Å². The first kappa shape index (κ1) is 22.2. The minimum atomic E-state index is 0.0102. The van der Waals surface area contributed by atoms with E-state index in [2.05, 4.69) is 50.4 Å². The van der Waals surface area contributed by atoms with Gasteiger partial charge in [-0.25, -0.2) is 0 Å². The Kier molecular flexibility index (Phi) is 7.45. The third kappa shape index (κ3) is 5.70. The Bertz CT molecular complexity index is 958. The summed E-state index contributed by atoms with van der Waals surface area (Å²) in [7, 11) is 0. The van der Waals surface area contributed by atoms with E-state index in [4.69, 9.17) is 21.3 Å². The van der Waals surface area contributed by atoms with E-state index in [0.29, 0.717) is 34.7 Å². The largest absolute Gasteiger partial charge is 0.493 e. The van der Waals surface area contributed by atoms with Crippen molar-refractivity contribution >= 4 is 28.8 Å². The van der Waals surface area contributed by atoms with Crippen LogP contribution in [0.25, 0.3) is 0 Å². The van der Waals surface area contributed by atoms with Crippen molar-refractivity contribution in [1.29, 1.82) is 5.26 Å². The van der Waals surface area contributed by atoms with E-state index >= 15 is 0 Å². The third-order valence-electron chi connectivity index (χ3n) is 3.86. The molecule has 1 aromatic heterocycles. The third-order valence-corrected chi connectivity index (χ3v) is 5.54. The van der Waals surface area contributed by atoms with Crippen LogP contribution in [0.15, 0.2) is 34.4 Å². The van der Waals surface area contributed by atoms with Gasteiger partial charge in [-0.2, -0.15) is 15.2 Å². The lowest BCUT2D eigenvalue weighted by Crippen LogP contribution is -2.19. The number of aliphatic imine (C=N–C) groups is 1. The molecule has 0 spiro atoms. The van der Waals surface area contributed by atoms with Crippen LogP contribution < -0.4 is 9.54 Å². The summed E-state index contributed by atoms with van der Waals surface area (Å²) >= 11 is 7.80. The molecule has 28 heavy (non-hydrogen) atoms. The summed E-state index contributed by atoms with van der Waals surface area (Å²) in [6.45, 7) is 14.1. The number of nitriles is 1. The minimum Gasteiger partial charge on any atom is -0.493 e. The molecule has 0 saturated carbocycles. The van der Waals surface area contributed by atoms with Gasteiger partial charge in [0.15, 0.2) is 10.6 Å². The number of amidine groups is 1. The first-order chi connectivity index (χ1) is 13.2. The number of nitrogens with zero attached hydrogens (tertiary/aromatic N) is 4. The van der Waals surface area contributed by atoms with Gasteiger partial charge in [-0.15, -0.1) is 11.3 Å². The Hall–Kier alpha value is -2.10. The molecule has 0 aliphatic rings. The first-order valence-corrected chi connectivity index (χ1v) is 10.5. The molecule has 7 heteroatoms. The maximum Gasteiger partial charge on any atom is 0.207 e. The first-order valence-electron chi connectivity index (χ1n) is 9.30. The predicted molar refractivity (Wildman–Crippen MR) is 116 cm³/mol. The van der Waals surface area contributed by atoms with Crippen molar-refractivity contribution in [2.24, 2.45) is 15.9 Å². The number of ether oxygens (including phenoxy) is 1. The molecule has 2 aromatic rings. The van der Waals surface area contributed by atoms with E-state index in [-0.39, 0.29) is 5.41 Å². The van der Waals surface area contributed by atoms with Crippen LogP contribution >= 0.6 is 22.9 Å². The Morgan fingerprint density at radius 2 is 2.07 bits per heavy atom. The highest BCUT2D eigenvalue weighted by Gasteiger charge is 2.19. The smallest absolute Gasteiger partial charge is 0.207 e. The molecule has 0 N–H and O–H groups in total. The zero-order valence-electron chi connectivity index (χ0n) is 17.3. The van der Waals surface area contributed by atoms with Crippen molar-refractivity contribution in [3.05, 3.63) is 44.7 Å². The summed E-state index contributed by atoms with van der Waals surface area (Å²) in [5, 5.41) is 9.78. The number of hydrogen-bond donors (Lipinski definition) is 0. The zero-order valence-corrected chi connectivity index (χ0v) is 18.9. The van der Waals surface area contributed by atoms with Crippen LogP contribution in [0.4, 0.5) is 0 Å². The standard InChI is InChI=1S/C21H27ClN4OS/c1-7-27-17-9-8-15(22)10-16(17)19(24-13-23)25-20-26(11-14(2)3)12-18(28-20)21(4,5)6/h8-10,12,14H,7,11H2,1-6H3/b24-19?,25-20-. The number of rotatable bonds is 5. The number of aromatic nitrogens is 1. The molecule has 0 amide bonds. The molecule has 0 fully saturated rings. The SMILES string of the molecule is CCOc1ccc(Cl)cc1C(=NC#N)/N=c1\sc(C(C)(C)C)cn1CC(C)C. The molecule has 5 nitrogen and oxygen atoms in total. The van der Waals surface area contributed by atoms with E-state index in [1.807, 2.05) is 13.1 Å². The van der Waals surface area contributed by atoms with E-state index in [1.165, 1.54) is 4.88 Å². The molecule has 0 saturated heterocycles. The topological polar surface area (TPSA) is 62.7 Å². The molecule has 0 aliphatic carbocycles. The summed E-state index contributed by atoms with van der Waals surface area (Å²) in [4.78, 5) is 10.8. The summed E-state index contributed by atoms with van der Waals surface area (Å²) < 4.78 is 7.83. The van der Waals surface area contributed by atoms with E-state index in [0.717, 1.165) is 11.3 Å². The lowest BCUT2D eigenvalue weighted by Gasteiger charge is -2.14. The van der Waals surface area contributed by atoms with Crippen molar-refractivity contribution in [3.8, 4) is 11.9 Å². The Morgan fingerprint density at radius 1 is 1.36 bits per heavy atom. The maximum absolute atomic E-state index is 9.24. The van der Waals surface area contributed by atoms with Crippen LogP contribution in [0.3, 0.4) is 0 Å². The van der Waals surface area contributed by atoms with Gasteiger partial charge in [0.25, 0.3) is 0 Å². The van der Waals surface area contributed by atoms with Crippen molar-refractivity contribution in [2.45, 2.75) is 53.5 Å². The predicted octanol–water partition coefficient (Wildman–Crippen LogP) is 5.38. The highest BCUT2D eigenvalue weighted by atomic mass is 35.5. The van der Waals surface area contributed by atoms with Crippen LogP contribution in [-0.4, -0.2) is 17.0 Å². The lowest BCUT2D eigenvalue weighted by molar-refractivity contribution is 0.339. The molecule has 0 radical (unpaired) electrons. The molecule has 1 heterocycles. The monoisotopic (exact) mass is 418 g/mol. The summed E-state index contributed by atoms with van der Waals surface area (Å²) in [6, 6.07) is 5.26. The fraction of sp³-hybridized carbons (Fsp3) is 0.476. The highest BCUT2D eigenvalue weighted by Crippen LogP contribution is 2.26.